The summed E-state index contributed by atoms with van der Waals surface area (Å²) in [7, 11) is 0. The summed E-state index contributed by atoms with van der Waals surface area (Å²) in [6, 6.07) is 0. The second-order valence-corrected chi connectivity index (χ2v) is 3.36. The first-order valence-electron chi connectivity index (χ1n) is 5.65. The van der Waals surface area contributed by atoms with Crippen molar-refractivity contribution in [3.8, 4) is 0 Å². The van der Waals surface area contributed by atoms with Crippen LogP contribution in [0.4, 0.5) is 0 Å². The standard InChI is InChI=1S/C11H23NO2/c1-3-5-9-12-11(13)8-6-7-10-14-4-2/h3-10H2,1-2H3,(H,12,13). The Hall–Kier alpha value is -0.570. The molecule has 1 amide bonds. The number of hydrogen-bond donors (Lipinski definition) is 1. The van der Waals surface area contributed by atoms with Crippen molar-refractivity contribution in [3.63, 3.8) is 0 Å². The van der Waals surface area contributed by atoms with E-state index in [1.807, 2.05) is 6.92 Å². The van der Waals surface area contributed by atoms with Crippen LogP contribution in [0.2, 0.25) is 0 Å². The summed E-state index contributed by atoms with van der Waals surface area (Å²) < 4.78 is 5.18. The van der Waals surface area contributed by atoms with E-state index in [1.165, 1.54) is 0 Å². The Labute approximate surface area is 87.2 Å². The predicted octanol–water partition coefficient (Wildman–Crippen LogP) is 2.11. The monoisotopic (exact) mass is 201 g/mol. The molecule has 0 atom stereocenters. The molecule has 1 N–H and O–H groups in total. The summed E-state index contributed by atoms with van der Waals surface area (Å²) in [6.07, 6.45) is 4.75. The van der Waals surface area contributed by atoms with E-state index in [9.17, 15) is 4.79 Å². The van der Waals surface area contributed by atoms with Crippen molar-refractivity contribution >= 4 is 5.91 Å². The molecular formula is C11H23NO2. The van der Waals surface area contributed by atoms with Crippen molar-refractivity contribution in [1.29, 1.82) is 0 Å². The Balaban J connectivity index is 3.10. The first-order chi connectivity index (χ1) is 6.81. The molecule has 0 saturated carbocycles. The molecule has 0 aromatic carbocycles. The largest absolute Gasteiger partial charge is 0.382 e. The average Bonchev–Trinajstić information content (AvgIpc) is 2.18. The van der Waals surface area contributed by atoms with Gasteiger partial charge < -0.3 is 10.1 Å². The summed E-state index contributed by atoms with van der Waals surface area (Å²) in [5, 5.41) is 2.89. The summed E-state index contributed by atoms with van der Waals surface area (Å²) in [4.78, 5) is 11.2. The predicted molar refractivity (Wildman–Crippen MR) is 58.3 cm³/mol. The highest BCUT2D eigenvalue weighted by molar-refractivity contribution is 5.75. The van der Waals surface area contributed by atoms with Crippen LogP contribution in [0.5, 0.6) is 0 Å². The first-order valence-corrected chi connectivity index (χ1v) is 5.65. The lowest BCUT2D eigenvalue weighted by Crippen LogP contribution is -2.23. The zero-order valence-corrected chi connectivity index (χ0v) is 9.47. The molecule has 0 radical (unpaired) electrons. The number of unbranched alkanes of at least 4 members (excludes halogenated alkanes) is 2. The number of rotatable bonds is 9. The number of amides is 1. The molecule has 0 spiro atoms. The van der Waals surface area contributed by atoms with E-state index in [4.69, 9.17) is 4.74 Å². The molecule has 3 nitrogen and oxygen atoms in total. The van der Waals surface area contributed by atoms with Crippen LogP contribution in [0.1, 0.15) is 46.0 Å². The van der Waals surface area contributed by atoms with Gasteiger partial charge in [-0.05, 0) is 26.2 Å². The Morgan fingerprint density at radius 2 is 2.00 bits per heavy atom. The van der Waals surface area contributed by atoms with Crippen LogP contribution in [-0.2, 0) is 9.53 Å². The lowest BCUT2D eigenvalue weighted by molar-refractivity contribution is -0.121. The van der Waals surface area contributed by atoms with Gasteiger partial charge in [-0.1, -0.05) is 13.3 Å². The molecule has 0 aromatic rings. The zero-order chi connectivity index (χ0) is 10.6. The highest BCUT2D eigenvalue weighted by Gasteiger charge is 1.99. The Morgan fingerprint density at radius 1 is 1.21 bits per heavy atom. The zero-order valence-electron chi connectivity index (χ0n) is 9.47. The fourth-order valence-electron chi connectivity index (χ4n) is 1.13. The van der Waals surface area contributed by atoms with E-state index in [1.54, 1.807) is 0 Å². The molecule has 84 valence electrons. The Kier molecular flexibility index (Phi) is 10.1. The van der Waals surface area contributed by atoms with Crippen LogP contribution < -0.4 is 5.32 Å². The second-order valence-electron chi connectivity index (χ2n) is 3.36. The minimum atomic E-state index is 0.176. The van der Waals surface area contributed by atoms with Gasteiger partial charge >= 0.3 is 0 Å². The van der Waals surface area contributed by atoms with Gasteiger partial charge in [0.25, 0.3) is 0 Å². The lowest BCUT2D eigenvalue weighted by atomic mass is 10.2. The maximum Gasteiger partial charge on any atom is 0.219 e. The van der Waals surface area contributed by atoms with Gasteiger partial charge in [0, 0.05) is 26.2 Å². The minimum absolute atomic E-state index is 0.176. The van der Waals surface area contributed by atoms with Crippen LogP contribution in [0.15, 0.2) is 0 Å². The summed E-state index contributed by atoms with van der Waals surface area (Å²) in [6.45, 7) is 6.47. The van der Waals surface area contributed by atoms with E-state index in [-0.39, 0.29) is 5.91 Å². The number of carbonyl (C=O) groups is 1. The smallest absolute Gasteiger partial charge is 0.219 e. The molecule has 0 aliphatic carbocycles. The lowest BCUT2D eigenvalue weighted by Gasteiger charge is -2.04. The third-order valence-electron chi connectivity index (χ3n) is 2.00. The van der Waals surface area contributed by atoms with Gasteiger partial charge in [-0.3, -0.25) is 4.79 Å². The number of nitrogens with one attached hydrogen (secondary N) is 1. The molecular weight excluding hydrogens is 178 g/mol. The van der Waals surface area contributed by atoms with Crippen molar-refractivity contribution in [3.05, 3.63) is 0 Å². The Morgan fingerprint density at radius 3 is 2.64 bits per heavy atom. The molecule has 14 heavy (non-hydrogen) atoms. The van der Waals surface area contributed by atoms with Gasteiger partial charge in [0.15, 0.2) is 0 Å². The Bertz CT molecular complexity index is 137. The van der Waals surface area contributed by atoms with Gasteiger partial charge in [-0.25, -0.2) is 0 Å². The summed E-state index contributed by atoms with van der Waals surface area (Å²) in [5.41, 5.74) is 0. The molecule has 0 fully saturated rings. The van der Waals surface area contributed by atoms with Gasteiger partial charge in [0.2, 0.25) is 5.91 Å². The van der Waals surface area contributed by atoms with Crippen LogP contribution in [0.25, 0.3) is 0 Å². The topological polar surface area (TPSA) is 38.3 Å². The molecule has 3 heteroatoms. The van der Waals surface area contributed by atoms with Gasteiger partial charge in [0.05, 0.1) is 0 Å². The summed E-state index contributed by atoms with van der Waals surface area (Å²) in [5.74, 6) is 0.176. The molecule has 0 heterocycles. The number of ether oxygens (including phenoxy) is 1. The van der Waals surface area contributed by atoms with E-state index in [0.29, 0.717) is 6.42 Å². The van der Waals surface area contributed by atoms with Crippen LogP contribution >= 0.6 is 0 Å². The quantitative estimate of drug-likeness (QED) is 0.580. The molecule has 0 aliphatic heterocycles. The molecule has 0 rings (SSSR count). The minimum Gasteiger partial charge on any atom is -0.382 e. The SMILES string of the molecule is CCCCNC(=O)CCCCOCC. The molecule has 0 aromatic heterocycles. The van der Waals surface area contributed by atoms with Crippen molar-refractivity contribution in [2.24, 2.45) is 0 Å². The van der Waals surface area contributed by atoms with Crippen LogP contribution in [0, 0.1) is 0 Å². The molecule has 0 unspecified atom stereocenters. The fourth-order valence-corrected chi connectivity index (χ4v) is 1.13. The normalized spacial score (nSPS) is 10.1. The second kappa shape index (κ2) is 10.5. The fraction of sp³-hybridized carbons (Fsp3) is 0.909. The molecule has 0 aliphatic rings. The van der Waals surface area contributed by atoms with E-state index < -0.39 is 0 Å². The number of carbonyl (C=O) groups excluding carboxylic acids is 1. The highest BCUT2D eigenvalue weighted by Crippen LogP contribution is 1.96. The van der Waals surface area contributed by atoms with Gasteiger partial charge in [-0.2, -0.15) is 0 Å². The summed E-state index contributed by atoms with van der Waals surface area (Å²) >= 11 is 0. The van der Waals surface area contributed by atoms with E-state index in [0.717, 1.165) is 45.4 Å². The van der Waals surface area contributed by atoms with Gasteiger partial charge in [0.1, 0.15) is 0 Å². The van der Waals surface area contributed by atoms with Gasteiger partial charge in [-0.15, -0.1) is 0 Å². The first kappa shape index (κ1) is 13.4. The highest BCUT2D eigenvalue weighted by atomic mass is 16.5. The van der Waals surface area contributed by atoms with Crippen molar-refractivity contribution < 1.29 is 9.53 Å². The maximum absolute atomic E-state index is 11.2. The third-order valence-corrected chi connectivity index (χ3v) is 2.00. The molecule has 0 saturated heterocycles. The average molecular weight is 201 g/mol. The van der Waals surface area contributed by atoms with Crippen molar-refractivity contribution in [2.75, 3.05) is 19.8 Å². The van der Waals surface area contributed by atoms with Crippen molar-refractivity contribution in [1.82, 2.24) is 5.32 Å². The maximum atomic E-state index is 11.2. The van der Waals surface area contributed by atoms with E-state index >= 15 is 0 Å². The van der Waals surface area contributed by atoms with E-state index in [2.05, 4.69) is 12.2 Å². The molecule has 0 bridgehead atoms. The number of hydrogen-bond acceptors (Lipinski definition) is 2. The van der Waals surface area contributed by atoms with Crippen molar-refractivity contribution in [2.45, 2.75) is 46.0 Å². The van der Waals surface area contributed by atoms with Crippen LogP contribution in [0.3, 0.4) is 0 Å². The third kappa shape index (κ3) is 9.52. The van der Waals surface area contributed by atoms with Crippen LogP contribution in [-0.4, -0.2) is 25.7 Å².